The van der Waals surface area contributed by atoms with Crippen molar-refractivity contribution in [2.75, 3.05) is 13.1 Å². The monoisotopic (exact) mass is 322 g/mol. The molecule has 0 bridgehead atoms. The van der Waals surface area contributed by atoms with Gasteiger partial charge < -0.3 is 9.64 Å². The van der Waals surface area contributed by atoms with Crippen molar-refractivity contribution in [2.45, 2.75) is 32.3 Å². The number of hydrogen-bond donors (Lipinski definition) is 0. The van der Waals surface area contributed by atoms with Crippen LogP contribution < -0.4 is 4.74 Å². The van der Waals surface area contributed by atoms with Crippen molar-refractivity contribution in [3.05, 3.63) is 33.5 Å². The summed E-state index contributed by atoms with van der Waals surface area (Å²) in [6.07, 6.45) is 4.15. The Kier molecular flexibility index (Phi) is 4.55. The van der Waals surface area contributed by atoms with Gasteiger partial charge >= 0.3 is 0 Å². The summed E-state index contributed by atoms with van der Waals surface area (Å²) in [4.78, 5) is 19.6. The van der Waals surface area contributed by atoms with Gasteiger partial charge in [0.2, 0.25) is 5.91 Å². The van der Waals surface area contributed by atoms with Crippen LogP contribution in [-0.2, 0) is 11.2 Å². The summed E-state index contributed by atoms with van der Waals surface area (Å²) >= 11 is 3.23. The Labute approximate surface area is 132 Å². The number of amides is 1. The van der Waals surface area contributed by atoms with E-state index < -0.39 is 0 Å². The third-order valence-electron chi connectivity index (χ3n) is 3.71. The maximum atomic E-state index is 12.3. The van der Waals surface area contributed by atoms with Crippen molar-refractivity contribution < 1.29 is 9.53 Å². The number of thiazole rings is 1. The second-order valence-corrected chi connectivity index (χ2v) is 7.05. The Morgan fingerprint density at radius 2 is 2.38 bits per heavy atom. The molecule has 0 aliphatic carbocycles. The highest BCUT2D eigenvalue weighted by molar-refractivity contribution is 7.11. The van der Waals surface area contributed by atoms with Crippen LogP contribution in [0.5, 0.6) is 5.19 Å². The molecule has 112 valence electrons. The summed E-state index contributed by atoms with van der Waals surface area (Å²) in [6, 6.07) is 2.11. The zero-order valence-corrected chi connectivity index (χ0v) is 13.6. The first kappa shape index (κ1) is 14.5. The van der Waals surface area contributed by atoms with Crippen molar-refractivity contribution in [3.8, 4) is 5.19 Å². The van der Waals surface area contributed by atoms with E-state index >= 15 is 0 Å². The maximum Gasteiger partial charge on any atom is 0.273 e. The number of carbonyl (C=O) groups is 1. The summed E-state index contributed by atoms with van der Waals surface area (Å²) in [7, 11) is 0. The molecule has 2 aromatic heterocycles. The van der Waals surface area contributed by atoms with Gasteiger partial charge in [-0.25, -0.2) is 4.98 Å². The van der Waals surface area contributed by atoms with E-state index in [0.717, 1.165) is 19.4 Å². The van der Waals surface area contributed by atoms with Crippen LogP contribution in [0.15, 0.2) is 23.0 Å². The molecule has 0 N–H and O–H groups in total. The minimum Gasteiger partial charge on any atom is -0.465 e. The molecule has 0 saturated carbocycles. The number of carbonyl (C=O) groups excluding carboxylic acids is 1. The van der Waals surface area contributed by atoms with Crippen molar-refractivity contribution in [3.63, 3.8) is 0 Å². The minimum absolute atomic E-state index is 0.0866. The fourth-order valence-corrected chi connectivity index (χ4v) is 3.96. The molecular formula is C15H18N2O2S2. The van der Waals surface area contributed by atoms with Crippen LogP contribution in [0.3, 0.4) is 0 Å². The third-order valence-corrected chi connectivity index (χ3v) is 5.45. The van der Waals surface area contributed by atoms with Crippen LogP contribution in [0.2, 0.25) is 0 Å². The van der Waals surface area contributed by atoms with Crippen molar-refractivity contribution in [1.29, 1.82) is 0 Å². The van der Waals surface area contributed by atoms with Gasteiger partial charge in [-0.2, -0.15) is 0 Å². The zero-order valence-electron chi connectivity index (χ0n) is 11.9. The van der Waals surface area contributed by atoms with E-state index in [4.69, 9.17) is 4.74 Å². The van der Waals surface area contributed by atoms with Gasteiger partial charge in [0.05, 0.1) is 6.54 Å². The molecule has 1 fully saturated rings. The zero-order chi connectivity index (χ0) is 14.7. The van der Waals surface area contributed by atoms with E-state index in [1.54, 1.807) is 17.5 Å². The second kappa shape index (κ2) is 6.58. The lowest BCUT2D eigenvalue weighted by Gasteiger charge is -2.16. The molecule has 6 heteroatoms. The molecule has 0 spiro atoms. The highest BCUT2D eigenvalue weighted by Gasteiger charge is 2.27. The quantitative estimate of drug-likeness (QED) is 0.849. The highest BCUT2D eigenvalue weighted by atomic mass is 32.1. The lowest BCUT2D eigenvalue weighted by Crippen LogP contribution is -2.31. The van der Waals surface area contributed by atoms with Gasteiger partial charge in [0.1, 0.15) is 6.10 Å². The molecule has 4 nitrogen and oxygen atoms in total. The van der Waals surface area contributed by atoms with Crippen LogP contribution in [0.25, 0.3) is 0 Å². The number of thiophene rings is 1. The van der Waals surface area contributed by atoms with Gasteiger partial charge in [-0.05, 0) is 30.4 Å². The predicted molar refractivity (Wildman–Crippen MR) is 85.1 cm³/mol. The second-order valence-electron chi connectivity index (χ2n) is 5.19. The normalized spacial score (nSPS) is 18.1. The van der Waals surface area contributed by atoms with Gasteiger partial charge in [-0.3, -0.25) is 4.79 Å². The van der Waals surface area contributed by atoms with Gasteiger partial charge in [-0.1, -0.05) is 11.3 Å². The molecular weight excluding hydrogens is 304 g/mol. The van der Waals surface area contributed by atoms with Crippen molar-refractivity contribution >= 4 is 28.6 Å². The first-order chi connectivity index (χ1) is 10.2. The van der Waals surface area contributed by atoms with Crippen LogP contribution in [0.4, 0.5) is 0 Å². The smallest absolute Gasteiger partial charge is 0.273 e. The number of rotatable bonds is 5. The molecule has 3 rings (SSSR count). The Bertz CT molecular complexity index is 595. The highest BCUT2D eigenvalue weighted by Crippen LogP contribution is 2.22. The minimum atomic E-state index is 0.0866. The van der Waals surface area contributed by atoms with E-state index in [9.17, 15) is 4.79 Å². The Morgan fingerprint density at radius 3 is 3.10 bits per heavy atom. The number of aryl methyl sites for hydroxylation is 2. The molecule has 3 heterocycles. The summed E-state index contributed by atoms with van der Waals surface area (Å²) in [5, 5.41) is 4.68. The summed E-state index contributed by atoms with van der Waals surface area (Å²) in [6.45, 7) is 3.57. The number of ether oxygens (including phenoxy) is 1. The average Bonchev–Trinajstić information content (AvgIpc) is 3.19. The standard InChI is InChI=1S/C15H18N2O2S2/c1-11-5-8-20-13(11)2-3-14(18)17-7-4-12(10-17)19-15-16-6-9-21-15/h5-6,8-9,12H,2-4,7,10H2,1H3. The maximum absolute atomic E-state index is 12.3. The van der Waals surface area contributed by atoms with Crippen molar-refractivity contribution in [2.24, 2.45) is 0 Å². The third kappa shape index (κ3) is 3.63. The van der Waals surface area contributed by atoms with Gasteiger partial charge in [0.15, 0.2) is 0 Å². The Balaban J connectivity index is 1.47. The topological polar surface area (TPSA) is 42.4 Å². The molecule has 1 atom stereocenters. The van der Waals surface area contributed by atoms with Crippen LogP contribution in [-0.4, -0.2) is 35.0 Å². The molecule has 21 heavy (non-hydrogen) atoms. The summed E-state index contributed by atoms with van der Waals surface area (Å²) in [5.74, 6) is 0.230. The Hall–Kier alpha value is -1.40. The molecule has 1 aliphatic heterocycles. The number of aromatic nitrogens is 1. The SMILES string of the molecule is Cc1ccsc1CCC(=O)N1CCC(Oc2nccs2)C1. The molecule has 1 amide bonds. The number of nitrogens with zero attached hydrogens (tertiary/aromatic N) is 2. The number of likely N-dealkylation sites (tertiary alicyclic amines) is 1. The number of hydrogen-bond acceptors (Lipinski definition) is 5. The van der Waals surface area contributed by atoms with Crippen LogP contribution >= 0.6 is 22.7 Å². The van der Waals surface area contributed by atoms with E-state index in [1.165, 1.54) is 21.8 Å². The first-order valence-corrected chi connectivity index (χ1v) is 8.85. The van der Waals surface area contributed by atoms with Crippen LogP contribution in [0.1, 0.15) is 23.3 Å². The first-order valence-electron chi connectivity index (χ1n) is 7.09. The predicted octanol–water partition coefficient (Wildman–Crippen LogP) is 3.13. The molecule has 1 unspecified atom stereocenters. The lowest BCUT2D eigenvalue weighted by atomic mass is 10.2. The average molecular weight is 322 g/mol. The summed E-state index contributed by atoms with van der Waals surface area (Å²) in [5.41, 5.74) is 1.29. The fraction of sp³-hybridized carbons (Fsp3) is 0.467. The van der Waals surface area contributed by atoms with E-state index in [2.05, 4.69) is 23.4 Å². The molecule has 1 aliphatic rings. The van der Waals surface area contributed by atoms with Crippen LogP contribution in [0, 0.1) is 6.92 Å². The fourth-order valence-electron chi connectivity index (χ4n) is 2.50. The molecule has 0 radical (unpaired) electrons. The van der Waals surface area contributed by atoms with E-state index in [1.807, 2.05) is 10.3 Å². The van der Waals surface area contributed by atoms with E-state index in [0.29, 0.717) is 18.2 Å². The van der Waals surface area contributed by atoms with Gasteiger partial charge in [-0.15, -0.1) is 11.3 Å². The molecule has 1 saturated heterocycles. The van der Waals surface area contributed by atoms with Gasteiger partial charge in [0, 0.05) is 35.8 Å². The largest absolute Gasteiger partial charge is 0.465 e. The van der Waals surface area contributed by atoms with Gasteiger partial charge in [0.25, 0.3) is 5.19 Å². The Morgan fingerprint density at radius 1 is 1.48 bits per heavy atom. The molecule has 0 aromatic carbocycles. The summed E-state index contributed by atoms with van der Waals surface area (Å²) < 4.78 is 5.78. The molecule has 2 aromatic rings. The lowest BCUT2D eigenvalue weighted by molar-refractivity contribution is -0.130. The van der Waals surface area contributed by atoms with E-state index in [-0.39, 0.29) is 12.0 Å². The van der Waals surface area contributed by atoms with Crippen molar-refractivity contribution in [1.82, 2.24) is 9.88 Å².